The molecule has 1 aromatic heterocycles. The van der Waals surface area contributed by atoms with Gasteiger partial charge in [-0.05, 0) is 26.3 Å². The molecule has 0 fully saturated rings. The minimum atomic E-state index is 0. The minimum Gasteiger partial charge on any atom is -0.356 e. The summed E-state index contributed by atoms with van der Waals surface area (Å²) in [4.78, 5) is 16.3. The van der Waals surface area contributed by atoms with E-state index in [4.69, 9.17) is 5.73 Å². The lowest BCUT2D eigenvalue weighted by Gasteiger charge is -2.02. The van der Waals surface area contributed by atoms with Gasteiger partial charge in [-0.1, -0.05) is 29.8 Å². The second-order valence-corrected chi connectivity index (χ2v) is 5.89. The molecule has 1 heterocycles. The zero-order valence-corrected chi connectivity index (χ0v) is 15.5. The van der Waals surface area contributed by atoms with E-state index in [2.05, 4.69) is 41.5 Å². The third-order valence-corrected chi connectivity index (χ3v) is 4.09. The number of rotatable bonds is 7. The topological polar surface area (TPSA) is 68.0 Å². The van der Waals surface area contributed by atoms with Crippen LogP contribution in [0.2, 0.25) is 0 Å². The van der Waals surface area contributed by atoms with E-state index in [0.717, 1.165) is 29.1 Å². The number of unbranched alkanes of at least 4 members (excludes halogenated alkanes) is 1. The summed E-state index contributed by atoms with van der Waals surface area (Å²) in [6.45, 7) is 3.42. The molecule has 0 radical (unpaired) electrons. The summed E-state index contributed by atoms with van der Waals surface area (Å²) >= 11 is 1.57. The van der Waals surface area contributed by atoms with Crippen molar-refractivity contribution in [3.8, 4) is 10.6 Å². The van der Waals surface area contributed by atoms with Crippen LogP contribution in [0.5, 0.6) is 0 Å². The van der Waals surface area contributed by atoms with Crippen LogP contribution in [0.1, 0.15) is 24.1 Å². The fourth-order valence-corrected chi connectivity index (χ4v) is 2.77. The van der Waals surface area contributed by atoms with Crippen molar-refractivity contribution in [2.45, 2.75) is 26.2 Å². The number of benzene rings is 1. The standard InChI is InChI=1S/C16H21N3OS.2ClH/c1-12-4-6-13(7-5-12)16-19-14(11-21-16)10-15(20)18-9-3-2-8-17;;/h4-7,11H,2-3,8-10,17H2,1H3,(H,18,20);2*1H. The molecule has 4 nitrogen and oxygen atoms in total. The van der Waals surface area contributed by atoms with Crippen molar-refractivity contribution in [2.24, 2.45) is 5.73 Å². The molecule has 1 aromatic carbocycles. The Morgan fingerprint density at radius 1 is 1.22 bits per heavy atom. The Balaban J connectivity index is 0.00000242. The first kappa shape index (κ1) is 21.9. The lowest BCUT2D eigenvalue weighted by molar-refractivity contribution is -0.120. The molecule has 3 N–H and O–H groups in total. The lowest BCUT2D eigenvalue weighted by Crippen LogP contribution is -2.26. The molecule has 7 heteroatoms. The highest BCUT2D eigenvalue weighted by Gasteiger charge is 2.08. The monoisotopic (exact) mass is 375 g/mol. The third kappa shape index (κ3) is 7.31. The predicted molar refractivity (Wildman–Crippen MR) is 102 cm³/mol. The Bertz CT molecular complexity index is 587. The van der Waals surface area contributed by atoms with Crippen LogP contribution in [-0.4, -0.2) is 24.0 Å². The number of halogens is 2. The number of amides is 1. The molecule has 23 heavy (non-hydrogen) atoms. The maximum Gasteiger partial charge on any atom is 0.226 e. The number of nitrogens with zero attached hydrogens (tertiary/aromatic N) is 1. The van der Waals surface area contributed by atoms with Gasteiger partial charge in [0, 0.05) is 17.5 Å². The maximum atomic E-state index is 11.8. The van der Waals surface area contributed by atoms with E-state index in [1.807, 2.05) is 5.38 Å². The van der Waals surface area contributed by atoms with Crippen molar-refractivity contribution in [2.75, 3.05) is 13.1 Å². The van der Waals surface area contributed by atoms with Crippen LogP contribution in [0.25, 0.3) is 10.6 Å². The molecule has 0 aliphatic carbocycles. The highest BCUT2D eigenvalue weighted by Crippen LogP contribution is 2.24. The number of nitrogens with one attached hydrogen (secondary N) is 1. The second kappa shape index (κ2) is 11.4. The average Bonchev–Trinajstić information content (AvgIpc) is 2.93. The van der Waals surface area contributed by atoms with Crippen molar-refractivity contribution in [3.05, 3.63) is 40.9 Å². The van der Waals surface area contributed by atoms with Gasteiger partial charge in [-0.15, -0.1) is 36.2 Å². The Morgan fingerprint density at radius 3 is 2.57 bits per heavy atom. The van der Waals surface area contributed by atoms with Gasteiger partial charge in [0.1, 0.15) is 5.01 Å². The quantitative estimate of drug-likeness (QED) is 0.728. The molecule has 2 rings (SSSR count). The summed E-state index contributed by atoms with van der Waals surface area (Å²) in [6.07, 6.45) is 2.20. The Morgan fingerprint density at radius 2 is 1.91 bits per heavy atom. The minimum absolute atomic E-state index is 0. The number of hydrogen-bond acceptors (Lipinski definition) is 4. The smallest absolute Gasteiger partial charge is 0.226 e. The molecule has 0 spiro atoms. The largest absolute Gasteiger partial charge is 0.356 e. The summed E-state index contributed by atoms with van der Waals surface area (Å²) in [5.41, 5.74) is 8.57. The molecule has 128 valence electrons. The number of aromatic nitrogens is 1. The predicted octanol–water partition coefficient (Wildman–Crippen LogP) is 3.36. The van der Waals surface area contributed by atoms with Gasteiger partial charge in [0.2, 0.25) is 5.91 Å². The van der Waals surface area contributed by atoms with Crippen LogP contribution < -0.4 is 11.1 Å². The third-order valence-electron chi connectivity index (χ3n) is 3.15. The SMILES string of the molecule is Cc1ccc(-c2nc(CC(=O)NCCCCN)cs2)cc1.Cl.Cl. The molecular weight excluding hydrogens is 353 g/mol. The Labute approximate surface area is 153 Å². The van der Waals surface area contributed by atoms with E-state index in [0.29, 0.717) is 19.5 Å². The van der Waals surface area contributed by atoms with Crippen LogP contribution in [0.15, 0.2) is 29.6 Å². The summed E-state index contributed by atoms with van der Waals surface area (Å²) in [5, 5.41) is 5.80. The van der Waals surface area contributed by atoms with Gasteiger partial charge in [-0.3, -0.25) is 4.79 Å². The van der Waals surface area contributed by atoms with Crippen LogP contribution in [0, 0.1) is 6.92 Å². The summed E-state index contributed by atoms with van der Waals surface area (Å²) in [6, 6.07) is 8.26. The molecular formula is C16H23Cl2N3OS. The lowest BCUT2D eigenvalue weighted by atomic mass is 10.2. The Hall–Kier alpha value is -1.14. The first-order valence-electron chi connectivity index (χ1n) is 7.17. The van der Waals surface area contributed by atoms with E-state index in [1.165, 1.54) is 5.56 Å². The molecule has 0 bridgehead atoms. The van der Waals surface area contributed by atoms with Crippen molar-refractivity contribution < 1.29 is 4.79 Å². The molecule has 2 aromatic rings. The van der Waals surface area contributed by atoms with Crippen molar-refractivity contribution in [3.63, 3.8) is 0 Å². The van der Waals surface area contributed by atoms with Crippen LogP contribution in [-0.2, 0) is 11.2 Å². The zero-order chi connectivity index (χ0) is 15.1. The number of thiazole rings is 1. The van der Waals surface area contributed by atoms with Gasteiger partial charge in [0.25, 0.3) is 0 Å². The molecule has 0 aliphatic rings. The second-order valence-electron chi connectivity index (χ2n) is 5.03. The number of aryl methyl sites for hydroxylation is 1. The fraction of sp³-hybridized carbons (Fsp3) is 0.375. The van der Waals surface area contributed by atoms with Gasteiger partial charge in [0.15, 0.2) is 0 Å². The highest BCUT2D eigenvalue weighted by atomic mass is 35.5. The summed E-state index contributed by atoms with van der Waals surface area (Å²) in [7, 11) is 0. The molecule has 0 saturated heterocycles. The molecule has 0 aliphatic heterocycles. The van der Waals surface area contributed by atoms with Gasteiger partial charge in [-0.2, -0.15) is 0 Å². The number of hydrogen-bond donors (Lipinski definition) is 2. The van der Waals surface area contributed by atoms with Gasteiger partial charge >= 0.3 is 0 Å². The van der Waals surface area contributed by atoms with E-state index >= 15 is 0 Å². The van der Waals surface area contributed by atoms with Crippen LogP contribution >= 0.6 is 36.2 Å². The Kier molecular flexibility index (Phi) is 10.8. The molecule has 1 amide bonds. The summed E-state index contributed by atoms with van der Waals surface area (Å²) in [5.74, 6) is 0.0211. The van der Waals surface area contributed by atoms with Crippen molar-refractivity contribution in [1.29, 1.82) is 0 Å². The molecule has 0 atom stereocenters. The van der Waals surface area contributed by atoms with Gasteiger partial charge < -0.3 is 11.1 Å². The van der Waals surface area contributed by atoms with Crippen LogP contribution in [0.4, 0.5) is 0 Å². The van der Waals surface area contributed by atoms with Crippen molar-refractivity contribution >= 4 is 42.1 Å². The van der Waals surface area contributed by atoms with E-state index in [1.54, 1.807) is 11.3 Å². The average molecular weight is 376 g/mol. The first-order chi connectivity index (χ1) is 10.2. The molecule has 0 saturated carbocycles. The summed E-state index contributed by atoms with van der Waals surface area (Å²) < 4.78 is 0. The van der Waals surface area contributed by atoms with Crippen LogP contribution in [0.3, 0.4) is 0 Å². The molecule has 0 unspecified atom stereocenters. The van der Waals surface area contributed by atoms with E-state index in [9.17, 15) is 4.79 Å². The van der Waals surface area contributed by atoms with Gasteiger partial charge in [0.05, 0.1) is 12.1 Å². The maximum absolute atomic E-state index is 11.8. The number of nitrogens with two attached hydrogens (primary N) is 1. The normalized spacial score (nSPS) is 9.65. The highest BCUT2D eigenvalue weighted by molar-refractivity contribution is 7.13. The first-order valence-corrected chi connectivity index (χ1v) is 8.05. The fourth-order valence-electron chi connectivity index (χ4n) is 1.94. The zero-order valence-electron chi connectivity index (χ0n) is 13.1. The number of carbonyl (C=O) groups excluding carboxylic acids is 1. The number of carbonyl (C=O) groups is 1. The van der Waals surface area contributed by atoms with Crippen molar-refractivity contribution in [1.82, 2.24) is 10.3 Å². The van der Waals surface area contributed by atoms with E-state index < -0.39 is 0 Å². The van der Waals surface area contributed by atoms with E-state index in [-0.39, 0.29) is 30.7 Å². The van der Waals surface area contributed by atoms with Gasteiger partial charge in [-0.25, -0.2) is 4.98 Å².